The summed E-state index contributed by atoms with van der Waals surface area (Å²) in [6.07, 6.45) is 13.4. The van der Waals surface area contributed by atoms with Crippen LogP contribution in [0.25, 0.3) is 33.4 Å². The van der Waals surface area contributed by atoms with E-state index >= 15 is 0 Å². The maximum atomic E-state index is 14.1. The first-order valence-electron chi connectivity index (χ1n) is 13.5. The molecule has 3 aromatic heterocycles. The van der Waals surface area contributed by atoms with Gasteiger partial charge < -0.3 is 11.1 Å². The van der Waals surface area contributed by atoms with Gasteiger partial charge in [-0.05, 0) is 57.6 Å². The molecule has 2 saturated carbocycles. The first-order valence-corrected chi connectivity index (χ1v) is 13.9. The molecule has 0 spiro atoms. The molecule has 8 nitrogen and oxygen atoms in total. The lowest BCUT2D eigenvalue weighted by molar-refractivity contribution is 0.323. The highest BCUT2D eigenvalue weighted by Crippen LogP contribution is 2.34. The number of nitrogens with one attached hydrogen (secondary N) is 1. The molecule has 2 fully saturated rings. The molecule has 9 heteroatoms. The maximum Gasteiger partial charge on any atom is 0.260 e. The van der Waals surface area contributed by atoms with E-state index in [4.69, 9.17) is 22.3 Å². The van der Waals surface area contributed by atoms with E-state index in [9.17, 15) is 4.79 Å². The third-order valence-electron chi connectivity index (χ3n) is 7.88. The highest BCUT2D eigenvalue weighted by molar-refractivity contribution is 6.33. The number of hydrogen-bond donors (Lipinski definition) is 2. The van der Waals surface area contributed by atoms with Crippen molar-refractivity contribution in [3.63, 3.8) is 0 Å². The molecule has 0 amide bonds. The van der Waals surface area contributed by atoms with E-state index in [1.54, 1.807) is 12.4 Å². The van der Waals surface area contributed by atoms with Crippen molar-refractivity contribution in [2.24, 2.45) is 5.73 Å². The van der Waals surface area contributed by atoms with Crippen LogP contribution in [0.3, 0.4) is 0 Å². The second-order valence-corrected chi connectivity index (χ2v) is 11.0. The molecule has 196 valence electrons. The predicted molar refractivity (Wildman–Crippen MR) is 151 cm³/mol. The average molecular weight is 530 g/mol. The molecule has 0 saturated heterocycles. The van der Waals surface area contributed by atoms with Crippen molar-refractivity contribution in [2.45, 2.75) is 76.4 Å². The monoisotopic (exact) mass is 529 g/mol. The molecule has 2 aliphatic rings. The average Bonchev–Trinajstić information content (AvgIpc) is 3.42. The standard InChI is InChI=1S/C29H32ClN7O/c1-17-14-32-16-26(34-17)18-6-11-23(25(30)13-18)24-12-19-15-33-29(35-21-4-2-3-5-21)36-27(19)37(28(24)38)22-9-7-20(31)8-10-22/h6,11-16,20-22H,2-5,7-10,31H2,1H3,(H,33,35,36)/t20-,22-. The zero-order chi connectivity index (χ0) is 26.2. The summed E-state index contributed by atoms with van der Waals surface area (Å²) in [5, 5.41) is 4.78. The molecule has 4 aromatic rings. The minimum atomic E-state index is -0.0894. The summed E-state index contributed by atoms with van der Waals surface area (Å²) in [4.78, 5) is 32.4. The predicted octanol–water partition coefficient (Wildman–Crippen LogP) is 5.67. The zero-order valence-electron chi connectivity index (χ0n) is 21.5. The van der Waals surface area contributed by atoms with Crippen molar-refractivity contribution >= 4 is 28.6 Å². The Kier molecular flexibility index (Phi) is 6.84. The lowest BCUT2D eigenvalue weighted by Crippen LogP contribution is -2.33. The van der Waals surface area contributed by atoms with Gasteiger partial charge in [-0.2, -0.15) is 4.98 Å². The molecule has 6 rings (SSSR count). The lowest BCUT2D eigenvalue weighted by Gasteiger charge is -2.29. The van der Waals surface area contributed by atoms with E-state index in [0.717, 1.165) is 60.9 Å². The van der Waals surface area contributed by atoms with Crippen LogP contribution in [0.1, 0.15) is 63.1 Å². The molecule has 3 N–H and O–H groups in total. The Labute approximate surface area is 226 Å². The van der Waals surface area contributed by atoms with Gasteiger partial charge in [0.1, 0.15) is 5.65 Å². The second-order valence-electron chi connectivity index (χ2n) is 10.6. The molecule has 38 heavy (non-hydrogen) atoms. The summed E-state index contributed by atoms with van der Waals surface area (Å²) in [7, 11) is 0. The van der Waals surface area contributed by atoms with E-state index in [-0.39, 0.29) is 17.6 Å². The van der Waals surface area contributed by atoms with Gasteiger partial charge in [0.05, 0.1) is 17.6 Å². The van der Waals surface area contributed by atoms with Crippen LogP contribution in [0.4, 0.5) is 5.95 Å². The Morgan fingerprint density at radius 1 is 0.974 bits per heavy atom. The van der Waals surface area contributed by atoms with Gasteiger partial charge in [0.15, 0.2) is 0 Å². The molecule has 0 bridgehead atoms. The number of fused-ring (bicyclic) bond motifs is 1. The quantitative estimate of drug-likeness (QED) is 0.342. The van der Waals surface area contributed by atoms with Gasteiger partial charge in [-0.25, -0.2) is 9.97 Å². The van der Waals surface area contributed by atoms with E-state index in [0.29, 0.717) is 33.8 Å². The number of halogens is 1. The van der Waals surface area contributed by atoms with Crippen molar-refractivity contribution in [1.82, 2.24) is 24.5 Å². The molecular formula is C29H32ClN7O. The summed E-state index contributed by atoms with van der Waals surface area (Å²) in [6.45, 7) is 1.90. The van der Waals surface area contributed by atoms with Crippen molar-refractivity contribution in [1.29, 1.82) is 0 Å². The number of nitrogens with two attached hydrogens (primary N) is 1. The fourth-order valence-corrected chi connectivity index (χ4v) is 6.11. The van der Waals surface area contributed by atoms with Gasteiger partial charge in [-0.3, -0.25) is 14.3 Å². The normalized spacial score (nSPS) is 20.2. The molecule has 0 radical (unpaired) electrons. The van der Waals surface area contributed by atoms with Crippen LogP contribution in [0, 0.1) is 6.92 Å². The van der Waals surface area contributed by atoms with E-state index < -0.39 is 0 Å². The maximum absolute atomic E-state index is 14.1. The van der Waals surface area contributed by atoms with Gasteiger partial charge in [-0.15, -0.1) is 0 Å². The zero-order valence-corrected chi connectivity index (χ0v) is 22.3. The fraction of sp³-hybridized carbons (Fsp3) is 0.414. The Hall–Kier alpha value is -3.36. The smallest absolute Gasteiger partial charge is 0.260 e. The van der Waals surface area contributed by atoms with Gasteiger partial charge >= 0.3 is 0 Å². The van der Waals surface area contributed by atoms with Crippen molar-refractivity contribution in [3.05, 3.63) is 63.9 Å². The summed E-state index contributed by atoms with van der Waals surface area (Å²) < 4.78 is 1.87. The van der Waals surface area contributed by atoms with E-state index in [1.807, 2.05) is 42.0 Å². The first kappa shape index (κ1) is 24.9. The summed E-state index contributed by atoms with van der Waals surface area (Å²) in [6, 6.07) is 8.13. The first-order chi connectivity index (χ1) is 18.5. The number of hydrogen-bond acceptors (Lipinski definition) is 7. The molecule has 2 aliphatic carbocycles. The highest BCUT2D eigenvalue weighted by atomic mass is 35.5. The molecule has 1 aromatic carbocycles. The third kappa shape index (κ3) is 4.90. The Balaban J connectivity index is 1.46. The van der Waals surface area contributed by atoms with E-state index in [1.165, 1.54) is 12.8 Å². The largest absolute Gasteiger partial charge is 0.351 e. The van der Waals surface area contributed by atoms with Crippen LogP contribution in [0.15, 0.2) is 47.7 Å². The Bertz CT molecular complexity index is 1540. The lowest BCUT2D eigenvalue weighted by atomic mass is 9.91. The number of anilines is 1. The number of benzene rings is 1. The minimum absolute atomic E-state index is 0.0274. The molecule has 0 atom stereocenters. The van der Waals surface area contributed by atoms with Crippen LogP contribution in [-0.2, 0) is 0 Å². The van der Waals surface area contributed by atoms with Crippen LogP contribution in [0.5, 0.6) is 0 Å². The highest BCUT2D eigenvalue weighted by Gasteiger charge is 2.26. The van der Waals surface area contributed by atoms with Gasteiger partial charge in [0, 0.05) is 57.6 Å². The van der Waals surface area contributed by atoms with Crippen LogP contribution >= 0.6 is 11.6 Å². The van der Waals surface area contributed by atoms with E-state index in [2.05, 4.69) is 20.3 Å². The van der Waals surface area contributed by atoms with Crippen molar-refractivity contribution in [2.75, 3.05) is 5.32 Å². The number of aromatic nitrogens is 5. The number of rotatable bonds is 5. The second kappa shape index (κ2) is 10.4. The van der Waals surface area contributed by atoms with Crippen LogP contribution < -0.4 is 16.6 Å². The van der Waals surface area contributed by atoms with Gasteiger partial charge in [0.2, 0.25) is 5.95 Å². The van der Waals surface area contributed by atoms with Crippen LogP contribution in [0.2, 0.25) is 5.02 Å². The molecular weight excluding hydrogens is 498 g/mol. The molecule has 3 heterocycles. The minimum Gasteiger partial charge on any atom is -0.351 e. The van der Waals surface area contributed by atoms with Crippen molar-refractivity contribution in [3.8, 4) is 22.4 Å². The molecule has 0 unspecified atom stereocenters. The number of aryl methyl sites for hydroxylation is 1. The van der Waals surface area contributed by atoms with Gasteiger partial charge in [-0.1, -0.05) is 36.6 Å². The summed E-state index contributed by atoms with van der Waals surface area (Å²) in [5.41, 5.74) is 10.4. The topological polar surface area (TPSA) is 112 Å². The van der Waals surface area contributed by atoms with Crippen molar-refractivity contribution < 1.29 is 0 Å². The Morgan fingerprint density at radius 3 is 2.50 bits per heavy atom. The fourth-order valence-electron chi connectivity index (χ4n) is 5.83. The molecule has 0 aliphatic heterocycles. The van der Waals surface area contributed by atoms with Gasteiger partial charge in [0.25, 0.3) is 5.56 Å². The number of pyridine rings is 1. The number of nitrogens with zero attached hydrogens (tertiary/aromatic N) is 5. The summed E-state index contributed by atoms with van der Waals surface area (Å²) in [5.74, 6) is 0.583. The van der Waals surface area contributed by atoms with Crippen LogP contribution in [-0.4, -0.2) is 36.6 Å². The third-order valence-corrected chi connectivity index (χ3v) is 8.19. The SMILES string of the molecule is Cc1cncc(-c2ccc(-c3cc4cnc(NC5CCCC5)nc4n([C@H]4CC[C@H](N)CC4)c3=O)c(Cl)c2)n1. The summed E-state index contributed by atoms with van der Waals surface area (Å²) >= 11 is 6.80. The Morgan fingerprint density at radius 2 is 1.76 bits per heavy atom.